The van der Waals surface area contributed by atoms with Crippen LogP contribution in [0.3, 0.4) is 0 Å². The zero-order valence-corrected chi connectivity index (χ0v) is 9.00. The third-order valence-corrected chi connectivity index (χ3v) is 2.62. The van der Waals surface area contributed by atoms with Gasteiger partial charge in [-0.25, -0.2) is 4.31 Å². The first-order chi connectivity index (χ1) is 6.74. The predicted octanol–water partition coefficient (Wildman–Crippen LogP) is 1.69. The number of hydrogen-bond acceptors (Lipinski definition) is 2. The molecule has 0 spiro atoms. The molecule has 1 unspecified atom stereocenters. The Morgan fingerprint density at radius 2 is 2.00 bits per heavy atom. The monoisotopic (exact) mass is 212 g/mol. The lowest BCUT2D eigenvalue weighted by Crippen LogP contribution is -2.26. The van der Waals surface area contributed by atoms with Gasteiger partial charge in [-0.3, -0.25) is 4.21 Å². The molecule has 1 aromatic carbocycles. The molecule has 0 heterocycles. The van der Waals surface area contributed by atoms with E-state index in [9.17, 15) is 8.76 Å². The third-order valence-electron chi connectivity index (χ3n) is 1.89. The molecule has 3 nitrogen and oxygen atoms in total. The van der Waals surface area contributed by atoms with Crippen molar-refractivity contribution in [3.05, 3.63) is 35.9 Å². The van der Waals surface area contributed by atoms with Crippen LogP contribution in [0.15, 0.2) is 30.3 Å². The zero-order chi connectivity index (χ0) is 10.4. The van der Waals surface area contributed by atoms with Crippen LogP contribution in [0, 0.1) is 0 Å². The largest absolute Gasteiger partial charge is 0.760 e. The second-order valence-electron chi connectivity index (χ2n) is 3.07. The highest BCUT2D eigenvalue weighted by Gasteiger charge is 2.04. The molecule has 0 aliphatic carbocycles. The quantitative estimate of drug-likeness (QED) is 0.697. The maximum atomic E-state index is 10.8. The third kappa shape index (κ3) is 3.57. The first-order valence-corrected chi connectivity index (χ1v) is 5.65. The molecule has 0 aliphatic rings. The van der Waals surface area contributed by atoms with Crippen LogP contribution in [-0.4, -0.2) is 19.6 Å². The van der Waals surface area contributed by atoms with Crippen LogP contribution >= 0.6 is 0 Å². The molecule has 0 aromatic heterocycles. The Morgan fingerprint density at radius 1 is 1.36 bits per heavy atom. The summed E-state index contributed by atoms with van der Waals surface area (Å²) in [6, 6.07) is 9.59. The fourth-order valence-electron chi connectivity index (χ4n) is 1.24. The van der Waals surface area contributed by atoms with Gasteiger partial charge in [0.1, 0.15) is 0 Å². The highest BCUT2D eigenvalue weighted by molar-refractivity contribution is 7.76. The lowest BCUT2D eigenvalue weighted by Gasteiger charge is -2.23. The van der Waals surface area contributed by atoms with Gasteiger partial charge in [0.15, 0.2) is 0 Å². The second-order valence-corrected chi connectivity index (χ2v) is 4.02. The summed E-state index contributed by atoms with van der Waals surface area (Å²) in [7, 11) is 0. The molecular weight excluding hydrogens is 198 g/mol. The highest BCUT2D eigenvalue weighted by Crippen LogP contribution is 2.06. The van der Waals surface area contributed by atoms with Gasteiger partial charge in [-0.2, -0.15) is 0 Å². The van der Waals surface area contributed by atoms with Gasteiger partial charge in [-0.15, -0.1) is 0 Å². The van der Waals surface area contributed by atoms with Gasteiger partial charge < -0.3 is 4.55 Å². The summed E-state index contributed by atoms with van der Waals surface area (Å²) in [6.07, 6.45) is 0.834. The van der Waals surface area contributed by atoms with Crippen molar-refractivity contribution in [2.24, 2.45) is 0 Å². The molecule has 1 rings (SSSR count). The van der Waals surface area contributed by atoms with Crippen molar-refractivity contribution >= 4 is 11.3 Å². The fraction of sp³-hybridized carbons (Fsp3) is 0.400. The van der Waals surface area contributed by atoms with Crippen LogP contribution in [0.25, 0.3) is 0 Å². The van der Waals surface area contributed by atoms with Crippen LogP contribution in [0.2, 0.25) is 0 Å². The SMILES string of the molecule is CCCN(Cc1ccccc1)S(=O)[O-]. The maximum absolute atomic E-state index is 10.8. The maximum Gasteiger partial charge on any atom is 0.0353 e. The van der Waals surface area contributed by atoms with Crippen LogP contribution in [0.4, 0.5) is 0 Å². The smallest absolute Gasteiger partial charge is 0.0353 e. The van der Waals surface area contributed by atoms with E-state index in [1.54, 1.807) is 0 Å². The van der Waals surface area contributed by atoms with E-state index in [0.717, 1.165) is 12.0 Å². The molecular formula is C10H14NO2S-. The van der Waals surface area contributed by atoms with Crippen molar-refractivity contribution in [3.63, 3.8) is 0 Å². The molecule has 4 heteroatoms. The van der Waals surface area contributed by atoms with Crippen molar-refractivity contribution in [3.8, 4) is 0 Å². The number of nitrogens with zero attached hydrogens (tertiary/aromatic N) is 1. The van der Waals surface area contributed by atoms with Crippen molar-refractivity contribution in [1.82, 2.24) is 4.31 Å². The molecule has 0 bridgehead atoms. The van der Waals surface area contributed by atoms with Gasteiger partial charge in [-0.05, 0) is 12.0 Å². The number of hydrogen-bond donors (Lipinski definition) is 0. The average molecular weight is 212 g/mol. The van der Waals surface area contributed by atoms with E-state index in [4.69, 9.17) is 0 Å². The molecule has 14 heavy (non-hydrogen) atoms. The Balaban J connectivity index is 2.60. The fourth-order valence-corrected chi connectivity index (χ4v) is 1.83. The molecule has 0 saturated heterocycles. The van der Waals surface area contributed by atoms with E-state index >= 15 is 0 Å². The van der Waals surface area contributed by atoms with E-state index in [-0.39, 0.29) is 0 Å². The topological polar surface area (TPSA) is 43.4 Å². The Morgan fingerprint density at radius 3 is 2.50 bits per heavy atom. The van der Waals surface area contributed by atoms with Gasteiger partial charge in [0, 0.05) is 24.4 Å². The standard InChI is InChI=1S/C10H15NO2S/c1-2-8-11(14(12)13)9-10-6-4-3-5-7-10/h3-7H,2,8-9H2,1H3,(H,12,13)/p-1. The van der Waals surface area contributed by atoms with Gasteiger partial charge in [-0.1, -0.05) is 37.3 Å². The molecule has 0 saturated carbocycles. The zero-order valence-electron chi connectivity index (χ0n) is 8.18. The Bertz CT molecular complexity index is 289. The molecule has 1 aromatic rings. The van der Waals surface area contributed by atoms with E-state index < -0.39 is 11.3 Å². The van der Waals surface area contributed by atoms with Crippen LogP contribution in [-0.2, 0) is 17.8 Å². The minimum Gasteiger partial charge on any atom is -0.760 e. The highest BCUT2D eigenvalue weighted by atomic mass is 32.2. The Labute approximate surface area is 87.2 Å². The summed E-state index contributed by atoms with van der Waals surface area (Å²) < 4.78 is 23.1. The first-order valence-electron chi connectivity index (χ1n) is 4.62. The molecule has 0 amide bonds. The minimum atomic E-state index is -2.12. The van der Waals surface area contributed by atoms with Gasteiger partial charge >= 0.3 is 0 Å². The lowest BCUT2D eigenvalue weighted by molar-refractivity contribution is 0.382. The summed E-state index contributed by atoms with van der Waals surface area (Å²) in [5, 5.41) is 0. The van der Waals surface area contributed by atoms with E-state index in [1.807, 2.05) is 37.3 Å². The summed E-state index contributed by atoms with van der Waals surface area (Å²) in [5.41, 5.74) is 1.02. The van der Waals surface area contributed by atoms with Crippen LogP contribution in [0.1, 0.15) is 18.9 Å². The van der Waals surface area contributed by atoms with Gasteiger partial charge in [0.05, 0.1) is 0 Å². The number of benzene rings is 1. The molecule has 0 aliphatic heterocycles. The lowest BCUT2D eigenvalue weighted by atomic mass is 10.2. The minimum absolute atomic E-state index is 0.463. The molecule has 1 atom stereocenters. The normalized spacial score (nSPS) is 13.1. The van der Waals surface area contributed by atoms with Gasteiger partial charge in [0.25, 0.3) is 0 Å². The summed E-state index contributed by atoms with van der Waals surface area (Å²) in [5.74, 6) is 0. The average Bonchev–Trinajstić information content (AvgIpc) is 2.18. The number of rotatable bonds is 5. The predicted molar refractivity (Wildman–Crippen MR) is 56.1 cm³/mol. The van der Waals surface area contributed by atoms with E-state index in [0.29, 0.717) is 13.1 Å². The summed E-state index contributed by atoms with van der Waals surface area (Å²) >= 11 is -2.12. The Kier molecular flexibility index (Phi) is 4.79. The van der Waals surface area contributed by atoms with Crippen molar-refractivity contribution in [1.29, 1.82) is 0 Å². The summed E-state index contributed by atoms with van der Waals surface area (Å²) in [4.78, 5) is 0. The molecule has 0 N–H and O–H groups in total. The van der Waals surface area contributed by atoms with Crippen molar-refractivity contribution in [2.75, 3.05) is 6.54 Å². The second kappa shape index (κ2) is 5.90. The molecule has 0 fully saturated rings. The van der Waals surface area contributed by atoms with Crippen LogP contribution in [0.5, 0.6) is 0 Å². The summed E-state index contributed by atoms with van der Waals surface area (Å²) in [6.45, 7) is 3.00. The van der Waals surface area contributed by atoms with Crippen molar-refractivity contribution < 1.29 is 8.76 Å². The van der Waals surface area contributed by atoms with Crippen molar-refractivity contribution in [2.45, 2.75) is 19.9 Å². The first kappa shape index (κ1) is 11.4. The van der Waals surface area contributed by atoms with E-state index in [1.165, 1.54) is 4.31 Å². The van der Waals surface area contributed by atoms with Crippen LogP contribution < -0.4 is 0 Å². The van der Waals surface area contributed by atoms with Gasteiger partial charge in [0.2, 0.25) is 0 Å². The Hall–Kier alpha value is -0.710. The van der Waals surface area contributed by atoms with E-state index in [2.05, 4.69) is 0 Å². The molecule has 78 valence electrons. The molecule has 0 radical (unpaired) electrons.